The predicted octanol–water partition coefficient (Wildman–Crippen LogP) is 2.55. The van der Waals surface area contributed by atoms with Gasteiger partial charge in [-0.3, -0.25) is 14.2 Å². The Morgan fingerprint density at radius 1 is 1.43 bits per heavy atom. The molecule has 0 aliphatic rings. The molecule has 2 aromatic heterocycles. The number of aryl methyl sites for hydroxylation is 2. The van der Waals surface area contributed by atoms with E-state index in [1.807, 2.05) is 13.8 Å². The van der Waals surface area contributed by atoms with Gasteiger partial charge in [-0.1, -0.05) is 11.6 Å². The quantitative estimate of drug-likeness (QED) is 0.922. The van der Waals surface area contributed by atoms with Crippen LogP contribution in [0.2, 0.25) is 5.02 Å². The minimum Gasteiger partial charge on any atom is -0.346 e. The third-order valence-electron chi connectivity index (χ3n) is 3.42. The Hall–Kier alpha value is -2.03. The lowest BCUT2D eigenvalue weighted by Gasteiger charge is -2.06. The summed E-state index contributed by atoms with van der Waals surface area (Å²) in [5.74, 6) is -0.732. The van der Waals surface area contributed by atoms with Gasteiger partial charge in [-0.2, -0.15) is 23.4 Å². The SMILES string of the molecule is CCn1ncc(CNC(=O)c2c(Cl)c(C(F)(F)F)nn2C)c1C. The van der Waals surface area contributed by atoms with E-state index in [0.29, 0.717) is 6.54 Å². The van der Waals surface area contributed by atoms with Crippen molar-refractivity contribution in [2.75, 3.05) is 0 Å². The molecule has 126 valence electrons. The molecule has 6 nitrogen and oxygen atoms in total. The first-order valence-corrected chi connectivity index (χ1v) is 7.13. The van der Waals surface area contributed by atoms with E-state index in [-0.39, 0.29) is 12.2 Å². The lowest BCUT2D eigenvalue weighted by atomic mass is 10.2. The van der Waals surface area contributed by atoms with Crippen LogP contribution in [0.3, 0.4) is 0 Å². The number of alkyl halides is 3. The van der Waals surface area contributed by atoms with Gasteiger partial charge in [0.2, 0.25) is 0 Å². The Morgan fingerprint density at radius 2 is 2.09 bits per heavy atom. The fraction of sp³-hybridized carbons (Fsp3) is 0.462. The van der Waals surface area contributed by atoms with E-state index in [1.165, 1.54) is 7.05 Å². The average molecular weight is 350 g/mol. The molecule has 0 fully saturated rings. The summed E-state index contributed by atoms with van der Waals surface area (Å²) in [4.78, 5) is 12.1. The van der Waals surface area contributed by atoms with Crippen molar-refractivity contribution in [3.8, 4) is 0 Å². The molecule has 0 saturated carbocycles. The second kappa shape index (κ2) is 6.23. The topological polar surface area (TPSA) is 64.7 Å². The summed E-state index contributed by atoms with van der Waals surface area (Å²) >= 11 is 5.67. The summed E-state index contributed by atoms with van der Waals surface area (Å²) in [6.07, 6.45) is -3.11. The van der Waals surface area contributed by atoms with Crippen molar-refractivity contribution >= 4 is 17.5 Å². The van der Waals surface area contributed by atoms with Crippen LogP contribution in [0.5, 0.6) is 0 Å². The summed E-state index contributed by atoms with van der Waals surface area (Å²) in [5, 5.41) is 9.23. The molecule has 0 radical (unpaired) electrons. The van der Waals surface area contributed by atoms with Crippen LogP contribution in [-0.2, 0) is 26.3 Å². The standard InChI is InChI=1S/C13H15ClF3N5O/c1-4-22-7(2)8(6-19-22)5-18-12(23)10-9(14)11(13(15,16)17)20-21(10)3/h6H,4-5H2,1-3H3,(H,18,23). The molecule has 0 atom stereocenters. The fourth-order valence-electron chi connectivity index (χ4n) is 2.16. The largest absolute Gasteiger partial charge is 0.436 e. The Labute approximate surface area is 135 Å². The number of halogens is 4. The first-order chi connectivity index (χ1) is 10.7. The van der Waals surface area contributed by atoms with Crippen molar-refractivity contribution in [1.29, 1.82) is 0 Å². The van der Waals surface area contributed by atoms with Crippen molar-refractivity contribution < 1.29 is 18.0 Å². The number of aromatic nitrogens is 4. The second-order valence-electron chi connectivity index (χ2n) is 4.89. The highest BCUT2D eigenvalue weighted by atomic mass is 35.5. The number of hydrogen-bond acceptors (Lipinski definition) is 3. The van der Waals surface area contributed by atoms with Crippen LogP contribution in [0.15, 0.2) is 6.20 Å². The van der Waals surface area contributed by atoms with Crippen molar-refractivity contribution in [1.82, 2.24) is 24.9 Å². The van der Waals surface area contributed by atoms with Gasteiger partial charge in [0.25, 0.3) is 5.91 Å². The van der Waals surface area contributed by atoms with Crippen LogP contribution in [0, 0.1) is 6.92 Å². The molecule has 2 heterocycles. The van der Waals surface area contributed by atoms with Crippen molar-refractivity contribution in [2.45, 2.75) is 33.1 Å². The zero-order valence-corrected chi connectivity index (χ0v) is 13.5. The molecule has 23 heavy (non-hydrogen) atoms. The summed E-state index contributed by atoms with van der Waals surface area (Å²) < 4.78 is 40.8. The molecule has 0 bridgehead atoms. The summed E-state index contributed by atoms with van der Waals surface area (Å²) in [7, 11) is 1.23. The third kappa shape index (κ3) is 3.34. The van der Waals surface area contributed by atoms with Crippen LogP contribution in [0.25, 0.3) is 0 Å². The van der Waals surface area contributed by atoms with E-state index in [4.69, 9.17) is 11.6 Å². The predicted molar refractivity (Wildman–Crippen MR) is 77.0 cm³/mol. The van der Waals surface area contributed by atoms with Crippen LogP contribution in [-0.4, -0.2) is 25.5 Å². The molecule has 0 saturated heterocycles. The van der Waals surface area contributed by atoms with Gasteiger partial charge in [-0.15, -0.1) is 0 Å². The van der Waals surface area contributed by atoms with Crippen LogP contribution < -0.4 is 5.32 Å². The zero-order chi connectivity index (χ0) is 17.4. The zero-order valence-electron chi connectivity index (χ0n) is 12.7. The highest BCUT2D eigenvalue weighted by molar-refractivity contribution is 6.34. The molecule has 10 heteroatoms. The number of carbonyl (C=O) groups is 1. The maximum atomic E-state index is 12.7. The molecular formula is C13H15ClF3N5O. The lowest BCUT2D eigenvalue weighted by molar-refractivity contribution is -0.141. The minimum absolute atomic E-state index is 0.132. The van der Waals surface area contributed by atoms with Gasteiger partial charge in [0.1, 0.15) is 10.7 Å². The van der Waals surface area contributed by atoms with Crippen molar-refractivity contribution in [2.24, 2.45) is 7.05 Å². The van der Waals surface area contributed by atoms with E-state index in [2.05, 4.69) is 15.5 Å². The maximum absolute atomic E-state index is 12.7. The Bertz CT molecular complexity index is 735. The highest BCUT2D eigenvalue weighted by Crippen LogP contribution is 2.35. The molecule has 0 aliphatic heterocycles. The van der Waals surface area contributed by atoms with Crippen LogP contribution in [0.1, 0.15) is 34.4 Å². The average Bonchev–Trinajstić information content (AvgIpc) is 2.96. The number of hydrogen-bond donors (Lipinski definition) is 1. The first kappa shape index (κ1) is 17.3. The third-order valence-corrected chi connectivity index (χ3v) is 3.77. The summed E-state index contributed by atoms with van der Waals surface area (Å²) in [5.41, 5.74) is 0.0377. The van der Waals surface area contributed by atoms with Crippen molar-refractivity contribution in [3.05, 3.63) is 33.9 Å². The smallest absolute Gasteiger partial charge is 0.346 e. The molecule has 1 N–H and O–H groups in total. The van der Waals surface area contributed by atoms with Crippen molar-refractivity contribution in [3.63, 3.8) is 0 Å². The molecule has 1 amide bonds. The van der Waals surface area contributed by atoms with Gasteiger partial charge in [-0.05, 0) is 13.8 Å². The minimum atomic E-state index is -4.72. The van der Waals surface area contributed by atoms with Gasteiger partial charge in [0.05, 0.1) is 6.20 Å². The Kier molecular flexibility index (Phi) is 4.69. The Balaban J connectivity index is 2.18. The monoisotopic (exact) mass is 349 g/mol. The van der Waals surface area contributed by atoms with Gasteiger partial charge in [0, 0.05) is 31.4 Å². The van der Waals surface area contributed by atoms with E-state index in [0.717, 1.165) is 15.9 Å². The van der Waals surface area contributed by atoms with Gasteiger partial charge < -0.3 is 5.32 Å². The van der Waals surface area contributed by atoms with E-state index < -0.39 is 22.8 Å². The molecule has 2 rings (SSSR count). The molecular weight excluding hydrogens is 335 g/mol. The molecule has 2 aromatic rings. The van der Waals surface area contributed by atoms with E-state index in [9.17, 15) is 18.0 Å². The molecule has 0 aliphatic carbocycles. The van der Waals surface area contributed by atoms with Gasteiger partial charge in [-0.25, -0.2) is 0 Å². The van der Waals surface area contributed by atoms with E-state index >= 15 is 0 Å². The lowest BCUT2D eigenvalue weighted by Crippen LogP contribution is -2.25. The van der Waals surface area contributed by atoms with E-state index in [1.54, 1.807) is 10.9 Å². The van der Waals surface area contributed by atoms with Crippen LogP contribution in [0.4, 0.5) is 13.2 Å². The second-order valence-corrected chi connectivity index (χ2v) is 5.26. The molecule has 0 unspecified atom stereocenters. The maximum Gasteiger partial charge on any atom is 0.436 e. The van der Waals surface area contributed by atoms with Gasteiger partial charge in [0.15, 0.2) is 5.69 Å². The molecule has 0 spiro atoms. The number of nitrogens with one attached hydrogen (secondary N) is 1. The Morgan fingerprint density at radius 3 is 2.57 bits per heavy atom. The number of nitrogens with zero attached hydrogens (tertiary/aromatic N) is 4. The van der Waals surface area contributed by atoms with Gasteiger partial charge >= 0.3 is 6.18 Å². The first-order valence-electron chi connectivity index (χ1n) is 6.76. The van der Waals surface area contributed by atoms with Crippen LogP contribution >= 0.6 is 11.6 Å². The summed E-state index contributed by atoms with van der Waals surface area (Å²) in [6.45, 7) is 4.59. The fourth-order valence-corrected chi connectivity index (χ4v) is 2.52. The molecule has 0 aromatic carbocycles. The number of amides is 1. The number of rotatable bonds is 4. The summed E-state index contributed by atoms with van der Waals surface area (Å²) in [6, 6.07) is 0. The highest BCUT2D eigenvalue weighted by Gasteiger charge is 2.39. The number of carbonyl (C=O) groups excluding carboxylic acids is 1. The normalized spacial score (nSPS) is 11.8.